The SMILES string of the molecule is Oc1ccc(NC2CCCc3sccc32)cc1Cl. The Hall–Kier alpha value is -1.19. The molecule has 0 spiro atoms. The number of rotatable bonds is 2. The highest BCUT2D eigenvalue weighted by molar-refractivity contribution is 7.10. The normalized spacial score (nSPS) is 18.4. The molecule has 2 aromatic rings. The average Bonchev–Trinajstić information content (AvgIpc) is 2.83. The Balaban J connectivity index is 1.84. The van der Waals surface area contributed by atoms with Crippen LogP contribution in [0.4, 0.5) is 5.69 Å². The van der Waals surface area contributed by atoms with E-state index in [9.17, 15) is 5.11 Å². The molecule has 2 nitrogen and oxygen atoms in total. The van der Waals surface area contributed by atoms with Crippen LogP contribution in [0, 0.1) is 0 Å². The second-order valence-electron chi connectivity index (χ2n) is 4.55. The highest BCUT2D eigenvalue weighted by Gasteiger charge is 2.21. The molecule has 4 heteroatoms. The first kappa shape index (κ1) is 11.9. The van der Waals surface area contributed by atoms with E-state index in [1.54, 1.807) is 12.1 Å². The molecule has 1 aromatic heterocycles. The number of anilines is 1. The number of nitrogens with one attached hydrogen (secondary N) is 1. The summed E-state index contributed by atoms with van der Waals surface area (Å²) in [4.78, 5) is 1.49. The van der Waals surface area contributed by atoms with Gasteiger partial charge in [-0.1, -0.05) is 11.6 Å². The van der Waals surface area contributed by atoms with Gasteiger partial charge in [0.05, 0.1) is 11.1 Å². The van der Waals surface area contributed by atoms with Crippen molar-refractivity contribution in [2.45, 2.75) is 25.3 Å². The van der Waals surface area contributed by atoms with Crippen molar-refractivity contribution in [1.29, 1.82) is 0 Å². The highest BCUT2D eigenvalue weighted by atomic mass is 35.5. The van der Waals surface area contributed by atoms with Crippen LogP contribution >= 0.6 is 22.9 Å². The fraction of sp³-hybridized carbons (Fsp3) is 0.286. The summed E-state index contributed by atoms with van der Waals surface area (Å²) < 4.78 is 0. The Morgan fingerprint density at radius 1 is 1.33 bits per heavy atom. The molecule has 18 heavy (non-hydrogen) atoms. The van der Waals surface area contributed by atoms with Crippen molar-refractivity contribution >= 4 is 28.6 Å². The van der Waals surface area contributed by atoms with Gasteiger partial charge in [-0.15, -0.1) is 11.3 Å². The average molecular weight is 280 g/mol. The topological polar surface area (TPSA) is 32.3 Å². The zero-order chi connectivity index (χ0) is 12.5. The predicted molar refractivity (Wildman–Crippen MR) is 76.7 cm³/mol. The number of hydrogen-bond donors (Lipinski definition) is 2. The molecule has 1 aromatic carbocycles. The first-order chi connectivity index (χ1) is 8.74. The van der Waals surface area contributed by atoms with Gasteiger partial charge >= 0.3 is 0 Å². The van der Waals surface area contributed by atoms with Crippen molar-refractivity contribution in [2.24, 2.45) is 0 Å². The molecule has 0 amide bonds. The van der Waals surface area contributed by atoms with Gasteiger partial charge in [0, 0.05) is 10.6 Å². The first-order valence-electron chi connectivity index (χ1n) is 6.05. The molecule has 94 valence electrons. The van der Waals surface area contributed by atoms with Crippen LogP contribution in [0.15, 0.2) is 29.6 Å². The second-order valence-corrected chi connectivity index (χ2v) is 5.96. The Labute approximate surface area is 115 Å². The van der Waals surface area contributed by atoms with E-state index in [1.807, 2.05) is 17.4 Å². The highest BCUT2D eigenvalue weighted by Crippen LogP contribution is 2.36. The lowest BCUT2D eigenvalue weighted by Crippen LogP contribution is -2.15. The van der Waals surface area contributed by atoms with Gasteiger partial charge in [-0.3, -0.25) is 0 Å². The van der Waals surface area contributed by atoms with E-state index in [1.165, 1.54) is 23.3 Å². The molecular formula is C14H14ClNOS. The molecule has 2 N–H and O–H groups in total. The van der Waals surface area contributed by atoms with Crippen molar-refractivity contribution in [1.82, 2.24) is 0 Å². The molecule has 1 heterocycles. The van der Waals surface area contributed by atoms with Gasteiger partial charge in [0.15, 0.2) is 0 Å². The number of benzene rings is 1. The molecular weight excluding hydrogens is 266 g/mol. The summed E-state index contributed by atoms with van der Waals surface area (Å²) in [5.74, 6) is 0.127. The van der Waals surface area contributed by atoms with Crippen LogP contribution in [0.1, 0.15) is 29.3 Å². The summed E-state index contributed by atoms with van der Waals surface area (Å²) in [5, 5.41) is 15.5. The fourth-order valence-electron chi connectivity index (χ4n) is 2.43. The third-order valence-corrected chi connectivity index (χ3v) is 4.64. The van der Waals surface area contributed by atoms with Gasteiger partial charge in [0.25, 0.3) is 0 Å². The Bertz CT molecular complexity index is 567. The lowest BCUT2D eigenvalue weighted by Gasteiger charge is -2.24. The van der Waals surface area contributed by atoms with Gasteiger partial charge in [0.2, 0.25) is 0 Å². The number of phenols is 1. The number of fused-ring (bicyclic) bond motifs is 1. The Morgan fingerprint density at radius 3 is 3.06 bits per heavy atom. The molecule has 0 saturated carbocycles. The number of halogens is 1. The number of aromatic hydroxyl groups is 1. The molecule has 1 atom stereocenters. The Morgan fingerprint density at radius 2 is 2.22 bits per heavy atom. The van der Waals surface area contributed by atoms with Crippen LogP contribution in [0.2, 0.25) is 5.02 Å². The second kappa shape index (κ2) is 4.82. The summed E-state index contributed by atoms with van der Waals surface area (Å²) in [6, 6.07) is 7.83. The van der Waals surface area contributed by atoms with Crippen LogP contribution in [0.5, 0.6) is 5.75 Å². The lowest BCUT2D eigenvalue weighted by molar-refractivity contribution is 0.475. The maximum atomic E-state index is 9.42. The number of hydrogen-bond acceptors (Lipinski definition) is 3. The van der Waals surface area contributed by atoms with Gasteiger partial charge in [0.1, 0.15) is 5.75 Å². The van der Waals surface area contributed by atoms with Crippen LogP contribution in [0.25, 0.3) is 0 Å². The molecule has 0 saturated heterocycles. The van der Waals surface area contributed by atoms with E-state index in [2.05, 4.69) is 16.8 Å². The third kappa shape index (κ3) is 2.20. The minimum Gasteiger partial charge on any atom is -0.506 e. The van der Waals surface area contributed by atoms with E-state index in [4.69, 9.17) is 11.6 Å². The van der Waals surface area contributed by atoms with Crippen LogP contribution in [-0.2, 0) is 6.42 Å². The molecule has 1 aliphatic carbocycles. The van der Waals surface area contributed by atoms with Crippen molar-refractivity contribution in [3.63, 3.8) is 0 Å². The zero-order valence-electron chi connectivity index (χ0n) is 9.82. The van der Waals surface area contributed by atoms with E-state index < -0.39 is 0 Å². The van der Waals surface area contributed by atoms with Crippen molar-refractivity contribution in [3.8, 4) is 5.75 Å². The molecule has 0 aliphatic heterocycles. The van der Waals surface area contributed by atoms with Gasteiger partial charge in [-0.05, 0) is 54.5 Å². The molecule has 3 rings (SSSR count). The zero-order valence-corrected chi connectivity index (χ0v) is 11.4. The quantitative estimate of drug-likeness (QED) is 0.788. The molecule has 0 radical (unpaired) electrons. The van der Waals surface area contributed by atoms with E-state index in [-0.39, 0.29) is 5.75 Å². The largest absolute Gasteiger partial charge is 0.506 e. The maximum Gasteiger partial charge on any atom is 0.134 e. The molecule has 1 unspecified atom stereocenters. The summed E-state index contributed by atoms with van der Waals surface area (Å²) in [6.07, 6.45) is 3.56. The minimum atomic E-state index is 0.127. The van der Waals surface area contributed by atoms with Crippen LogP contribution in [0.3, 0.4) is 0 Å². The van der Waals surface area contributed by atoms with E-state index in [0.29, 0.717) is 11.1 Å². The molecule has 0 bridgehead atoms. The van der Waals surface area contributed by atoms with Gasteiger partial charge < -0.3 is 10.4 Å². The molecule has 1 aliphatic rings. The predicted octanol–water partition coefficient (Wildman–Crippen LogP) is 4.60. The van der Waals surface area contributed by atoms with E-state index >= 15 is 0 Å². The molecule has 0 fully saturated rings. The summed E-state index contributed by atoms with van der Waals surface area (Å²) in [5.41, 5.74) is 2.37. The van der Waals surface area contributed by atoms with E-state index in [0.717, 1.165) is 12.1 Å². The Kier molecular flexibility index (Phi) is 3.18. The lowest BCUT2D eigenvalue weighted by atomic mass is 9.94. The van der Waals surface area contributed by atoms with Crippen LogP contribution < -0.4 is 5.32 Å². The number of phenolic OH excluding ortho intramolecular Hbond substituents is 1. The summed E-state index contributed by atoms with van der Waals surface area (Å²) in [6.45, 7) is 0. The fourth-order valence-corrected chi connectivity index (χ4v) is 3.60. The summed E-state index contributed by atoms with van der Waals surface area (Å²) >= 11 is 7.76. The number of aryl methyl sites for hydroxylation is 1. The summed E-state index contributed by atoms with van der Waals surface area (Å²) in [7, 11) is 0. The minimum absolute atomic E-state index is 0.127. The standard InChI is InChI=1S/C14H14ClNOS/c15-11-8-9(4-5-13(11)17)16-12-2-1-3-14-10(12)6-7-18-14/h4-8,12,16-17H,1-3H2. The van der Waals surface area contributed by atoms with Crippen LogP contribution in [-0.4, -0.2) is 5.11 Å². The number of thiophene rings is 1. The van der Waals surface area contributed by atoms with Crippen molar-refractivity contribution < 1.29 is 5.11 Å². The monoisotopic (exact) mass is 279 g/mol. The third-order valence-electron chi connectivity index (χ3n) is 3.34. The first-order valence-corrected chi connectivity index (χ1v) is 7.31. The maximum absolute atomic E-state index is 9.42. The van der Waals surface area contributed by atoms with Gasteiger partial charge in [-0.2, -0.15) is 0 Å². The van der Waals surface area contributed by atoms with Gasteiger partial charge in [-0.25, -0.2) is 0 Å². The van der Waals surface area contributed by atoms with Crippen molar-refractivity contribution in [3.05, 3.63) is 45.1 Å². The van der Waals surface area contributed by atoms with Crippen molar-refractivity contribution in [2.75, 3.05) is 5.32 Å². The smallest absolute Gasteiger partial charge is 0.134 e.